The lowest BCUT2D eigenvalue weighted by atomic mass is 10.2. The van der Waals surface area contributed by atoms with Crippen LogP contribution < -0.4 is 10.1 Å². The number of anilines is 2. The Bertz CT molecular complexity index is 631. The van der Waals surface area contributed by atoms with Crippen LogP contribution in [-0.4, -0.2) is 27.1 Å². The SMILES string of the molecule is CCC(C)Oc1cccc(Nc2cncc(C(=O)O)n2)c1. The number of nitrogens with zero attached hydrogens (tertiary/aromatic N) is 2. The zero-order valence-electron chi connectivity index (χ0n) is 11.9. The molecule has 0 spiro atoms. The highest BCUT2D eigenvalue weighted by molar-refractivity contribution is 5.85. The number of hydrogen-bond acceptors (Lipinski definition) is 5. The molecule has 6 heteroatoms. The summed E-state index contributed by atoms with van der Waals surface area (Å²) in [4.78, 5) is 18.7. The number of ether oxygens (including phenoxy) is 1. The van der Waals surface area contributed by atoms with Crippen molar-refractivity contribution in [2.45, 2.75) is 26.4 Å². The van der Waals surface area contributed by atoms with Crippen LogP contribution in [0.2, 0.25) is 0 Å². The Morgan fingerprint density at radius 1 is 1.43 bits per heavy atom. The van der Waals surface area contributed by atoms with Crippen LogP contribution in [0.4, 0.5) is 11.5 Å². The van der Waals surface area contributed by atoms with Gasteiger partial charge in [-0.2, -0.15) is 0 Å². The van der Waals surface area contributed by atoms with Gasteiger partial charge in [0, 0.05) is 11.8 Å². The Kier molecular flexibility index (Phi) is 4.71. The van der Waals surface area contributed by atoms with E-state index in [0.717, 1.165) is 17.9 Å². The Balaban J connectivity index is 2.14. The molecule has 0 aliphatic heterocycles. The molecule has 21 heavy (non-hydrogen) atoms. The second-order valence-electron chi connectivity index (χ2n) is 4.58. The number of carboxylic acids is 1. The van der Waals surface area contributed by atoms with Crippen molar-refractivity contribution in [2.75, 3.05) is 5.32 Å². The van der Waals surface area contributed by atoms with Crippen molar-refractivity contribution in [1.29, 1.82) is 0 Å². The molecule has 0 saturated heterocycles. The van der Waals surface area contributed by atoms with Gasteiger partial charge in [-0.25, -0.2) is 9.78 Å². The van der Waals surface area contributed by atoms with Gasteiger partial charge in [-0.1, -0.05) is 13.0 Å². The molecule has 6 nitrogen and oxygen atoms in total. The average molecular weight is 287 g/mol. The van der Waals surface area contributed by atoms with Gasteiger partial charge in [-0.05, 0) is 25.5 Å². The van der Waals surface area contributed by atoms with E-state index in [-0.39, 0.29) is 11.8 Å². The number of aromatic nitrogens is 2. The summed E-state index contributed by atoms with van der Waals surface area (Å²) >= 11 is 0. The Morgan fingerprint density at radius 3 is 2.95 bits per heavy atom. The quantitative estimate of drug-likeness (QED) is 0.849. The molecule has 110 valence electrons. The predicted molar refractivity (Wildman–Crippen MR) is 79.1 cm³/mol. The van der Waals surface area contributed by atoms with Gasteiger partial charge < -0.3 is 15.2 Å². The predicted octanol–water partition coefficient (Wildman–Crippen LogP) is 3.10. The molecule has 1 aromatic heterocycles. The first kappa shape index (κ1) is 14.8. The minimum atomic E-state index is -1.11. The molecule has 0 fully saturated rings. The van der Waals surface area contributed by atoms with E-state index < -0.39 is 5.97 Å². The van der Waals surface area contributed by atoms with Crippen LogP contribution in [0.1, 0.15) is 30.8 Å². The van der Waals surface area contributed by atoms with E-state index in [0.29, 0.717) is 5.82 Å². The summed E-state index contributed by atoms with van der Waals surface area (Å²) in [7, 11) is 0. The summed E-state index contributed by atoms with van der Waals surface area (Å²) in [6, 6.07) is 7.41. The molecule has 0 aliphatic rings. The number of benzene rings is 1. The van der Waals surface area contributed by atoms with Gasteiger partial charge in [0.25, 0.3) is 0 Å². The first-order valence-electron chi connectivity index (χ1n) is 6.67. The smallest absolute Gasteiger partial charge is 0.356 e. The second kappa shape index (κ2) is 6.69. The molecule has 0 aliphatic carbocycles. The van der Waals surface area contributed by atoms with Gasteiger partial charge in [-0.15, -0.1) is 0 Å². The summed E-state index contributed by atoms with van der Waals surface area (Å²) in [6.07, 6.45) is 3.73. The molecular formula is C15H17N3O3. The topological polar surface area (TPSA) is 84.3 Å². The van der Waals surface area contributed by atoms with Crippen LogP contribution in [0, 0.1) is 0 Å². The fourth-order valence-electron chi connectivity index (χ4n) is 1.64. The van der Waals surface area contributed by atoms with Crippen molar-refractivity contribution < 1.29 is 14.6 Å². The third kappa shape index (κ3) is 4.17. The highest BCUT2D eigenvalue weighted by Crippen LogP contribution is 2.21. The molecule has 0 bridgehead atoms. The Labute approximate surface area is 122 Å². The average Bonchev–Trinajstić information content (AvgIpc) is 2.47. The number of carbonyl (C=O) groups is 1. The zero-order valence-corrected chi connectivity index (χ0v) is 11.9. The van der Waals surface area contributed by atoms with Crippen molar-refractivity contribution >= 4 is 17.5 Å². The van der Waals surface area contributed by atoms with E-state index in [1.807, 2.05) is 31.2 Å². The number of carboxylic acid groups (broad SMARTS) is 1. The molecule has 1 unspecified atom stereocenters. The lowest BCUT2D eigenvalue weighted by Gasteiger charge is -2.13. The largest absolute Gasteiger partial charge is 0.491 e. The van der Waals surface area contributed by atoms with Crippen LogP contribution in [-0.2, 0) is 0 Å². The van der Waals surface area contributed by atoms with E-state index in [1.165, 1.54) is 12.4 Å². The maximum atomic E-state index is 10.9. The van der Waals surface area contributed by atoms with Gasteiger partial charge in [-0.3, -0.25) is 4.98 Å². The molecule has 0 amide bonds. The molecule has 2 rings (SSSR count). The molecule has 0 radical (unpaired) electrons. The first-order valence-corrected chi connectivity index (χ1v) is 6.67. The Morgan fingerprint density at radius 2 is 2.24 bits per heavy atom. The summed E-state index contributed by atoms with van der Waals surface area (Å²) in [5.74, 6) is 0.00675. The summed E-state index contributed by atoms with van der Waals surface area (Å²) < 4.78 is 5.73. The molecule has 1 aromatic carbocycles. The molecule has 1 atom stereocenters. The van der Waals surface area contributed by atoms with Gasteiger partial charge in [0.05, 0.1) is 18.5 Å². The van der Waals surface area contributed by atoms with Crippen molar-refractivity contribution in [3.63, 3.8) is 0 Å². The number of hydrogen-bond donors (Lipinski definition) is 2. The minimum Gasteiger partial charge on any atom is -0.491 e. The van der Waals surface area contributed by atoms with E-state index >= 15 is 0 Å². The van der Waals surface area contributed by atoms with E-state index in [1.54, 1.807) is 0 Å². The van der Waals surface area contributed by atoms with Crippen molar-refractivity contribution in [3.05, 3.63) is 42.4 Å². The highest BCUT2D eigenvalue weighted by Gasteiger charge is 2.07. The number of nitrogens with one attached hydrogen (secondary N) is 1. The number of rotatable bonds is 6. The van der Waals surface area contributed by atoms with E-state index in [9.17, 15) is 4.79 Å². The molecule has 2 N–H and O–H groups in total. The highest BCUT2D eigenvalue weighted by atomic mass is 16.5. The van der Waals surface area contributed by atoms with E-state index in [4.69, 9.17) is 9.84 Å². The van der Waals surface area contributed by atoms with Crippen molar-refractivity contribution in [1.82, 2.24) is 9.97 Å². The zero-order chi connectivity index (χ0) is 15.2. The molecule has 1 heterocycles. The fourth-order valence-corrected chi connectivity index (χ4v) is 1.64. The standard InChI is InChI=1S/C15H17N3O3/c1-3-10(2)21-12-6-4-5-11(7-12)17-14-9-16-8-13(18-14)15(19)20/h4-10H,3H2,1-2H3,(H,17,18)(H,19,20). The van der Waals surface area contributed by atoms with Crippen LogP contribution in [0.25, 0.3) is 0 Å². The summed E-state index contributed by atoms with van der Waals surface area (Å²) in [5.41, 5.74) is 0.652. The Hall–Kier alpha value is -2.63. The maximum absolute atomic E-state index is 10.9. The second-order valence-corrected chi connectivity index (χ2v) is 4.58. The van der Waals surface area contributed by atoms with Crippen LogP contribution in [0.5, 0.6) is 5.75 Å². The van der Waals surface area contributed by atoms with Gasteiger partial charge in [0.15, 0.2) is 5.69 Å². The monoisotopic (exact) mass is 287 g/mol. The normalized spacial score (nSPS) is 11.7. The van der Waals surface area contributed by atoms with Crippen LogP contribution >= 0.6 is 0 Å². The van der Waals surface area contributed by atoms with E-state index in [2.05, 4.69) is 22.2 Å². The molecule has 0 saturated carbocycles. The van der Waals surface area contributed by atoms with Gasteiger partial charge >= 0.3 is 5.97 Å². The van der Waals surface area contributed by atoms with Gasteiger partial charge in [0.1, 0.15) is 11.6 Å². The third-order valence-corrected chi connectivity index (χ3v) is 2.87. The third-order valence-electron chi connectivity index (χ3n) is 2.87. The van der Waals surface area contributed by atoms with Crippen LogP contribution in [0.15, 0.2) is 36.7 Å². The maximum Gasteiger partial charge on any atom is 0.356 e. The number of aromatic carboxylic acids is 1. The van der Waals surface area contributed by atoms with Crippen molar-refractivity contribution in [2.24, 2.45) is 0 Å². The lowest BCUT2D eigenvalue weighted by Crippen LogP contribution is -2.09. The summed E-state index contributed by atoms with van der Waals surface area (Å²) in [6.45, 7) is 4.06. The minimum absolute atomic E-state index is 0.105. The van der Waals surface area contributed by atoms with Crippen molar-refractivity contribution in [3.8, 4) is 5.75 Å². The first-order chi connectivity index (χ1) is 10.1. The fraction of sp³-hybridized carbons (Fsp3) is 0.267. The molecule has 2 aromatic rings. The summed E-state index contributed by atoms with van der Waals surface area (Å²) in [5, 5.41) is 11.9. The van der Waals surface area contributed by atoms with Gasteiger partial charge in [0.2, 0.25) is 0 Å². The van der Waals surface area contributed by atoms with Crippen LogP contribution in [0.3, 0.4) is 0 Å². The lowest BCUT2D eigenvalue weighted by molar-refractivity contribution is 0.0690. The molecular weight excluding hydrogens is 270 g/mol.